The molecule has 388 valence electrons. The minimum Gasteiger partial charge on any atom is -0.394 e. The average molecular weight is 925 g/mol. The summed E-state index contributed by atoms with van der Waals surface area (Å²) in [6, 6.07) is -0.626. The maximum Gasteiger partial charge on any atom is 0.220 e. The molecule has 0 bridgehead atoms. The van der Waals surface area contributed by atoms with Gasteiger partial charge in [-0.25, -0.2) is 0 Å². The molecule has 0 aromatic rings. The fourth-order valence-electron chi connectivity index (χ4n) is 9.25. The second-order valence-electron chi connectivity index (χ2n) is 20.4. The molecule has 0 aromatic carbocycles. The zero-order valence-electron chi connectivity index (χ0n) is 44.7. The molecule has 0 fully saturated rings. The van der Waals surface area contributed by atoms with Gasteiger partial charge in [-0.3, -0.25) is 4.79 Å². The normalized spacial score (nSPS) is 13.1. The summed E-state index contributed by atoms with van der Waals surface area (Å²) in [4.78, 5) is 12.5. The molecule has 4 heteroatoms. The van der Waals surface area contributed by atoms with Gasteiger partial charge in [-0.2, -0.15) is 0 Å². The summed E-state index contributed by atoms with van der Waals surface area (Å²) in [5.41, 5.74) is 0. The van der Waals surface area contributed by atoms with Gasteiger partial charge in [0.25, 0.3) is 0 Å². The number of rotatable bonds is 55. The summed E-state index contributed by atoms with van der Waals surface area (Å²) in [6.45, 7) is 4.33. The molecular weight excluding hydrogens is 807 g/mol. The second kappa shape index (κ2) is 57.7. The number of carbonyl (C=O) groups excluding carboxylic acids is 1. The molecule has 0 saturated heterocycles. The third-order valence-corrected chi connectivity index (χ3v) is 13.8. The predicted octanol–water partition coefficient (Wildman–Crippen LogP) is 19.8. The van der Waals surface area contributed by atoms with Crippen LogP contribution in [0.15, 0.2) is 48.6 Å². The maximum absolute atomic E-state index is 12.5. The van der Waals surface area contributed by atoms with Crippen LogP contribution in [0.1, 0.15) is 322 Å². The minimum absolute atomic E-state index is 0.0626. The summed E-state index contributed by atoms with van der Waals surface area (Å²) in [5.74, 6) is -0.0626. The van der Waals surface area contributed by atoms with Gasteiger partial charge >= 0.3 is 0 Å². The molecule has 0 spiro atoms. The van der Waals surface area contributed by atoms with Gasteiger partial charge in [-0.05, 0) is 57.8 Å². The topological polar surface area (TPSA) is 69.6 Å². The van der Waals surface area contributed by atoms with Gasteiger partial charge in [0, 0.05) is 6.42 Å². The average Bonchev–Trinajstić information content (AvgIpc) is 3.32. The van der Waals surface area contributed by atoms with E-state index in [4.69, 9.17) is 0 Å². The van der Waals surface area contributed by atoms with Crippen LogP contribution in [0, 0.1) is 0 Å². The Kier molecular flexibility index (Phi) is 56.2. The summed E-state index contributed by atoms with van der Waals surface area (Å²) in [7, 11) is 0. The van der Waals surface area contributed by atoms with Gasteiger partial charge in [0.05, 0.1) is 18.8 Å². The van der Waals surface area contributed by atoms with Crippen LogP contribution < -0.4 is 5.32 Å². The third-order valence-electron chi connectivity index (χ3n) is 13.8. The molecule has 3 N–H and O–H groups in total. The van der Waals surface area contributed by atoms with Gasteiger partial charge in [-0.1, -0.05) is 306 Å². The lowest BCUT2D eigenvalue weighted by Gasteiger charge is -2.20. The fraction of sp³-hybridized carbons (Fsp3) is 0.855. The smallest absolute Gasteiger partial charge is 0.220 e. The van der Waals surface area contributed by atoms with Crippen LogP contribution in [0.5, 0.6) is 0 Å². The van der Waals surface area contributed by atoms with Crippen LogP contribution in [0.2, 0.25) is 0 Å². The third kappa shape index (κ3) is 53.3. The highest BCUT2D eigenvalue weighted by Gasteiger charge is 2.18. The van der Waals surface area contributed by atoms with Gasteiger partial charge < -0.3 is 15.5 Å². The predicted molar refractivity (Wildman–Crippen MR) is 295 cm³/mol. The Morgan fingerprint density at radius 3 is 0.924 bits per heavy atom. The SMILES string of the molecule is CCCCCCC/C=C\C/C=C\C/C=C\CCCCCCCCCCCCCCC(=O)NC(CO)C(O)/C=C/CCCCCCCCCCCCCCCCCCCCCCCCCCC. The van der Waals surface area contributed by atoms with Crippen molar-refractivity contribution in [1.82, 2.24) is 5.32 Å². The lowest BCUT2D eigenvalue weighted by atomic mass is 10.0. The standard InChI is InChI=1S/C62H117NO3/c1-3-5-7-9-11-13-15-17-19-21-23-25-27-29-31-33-35-37-39-41-43-45-47-49-51-53-55-57-61(65)60(59-64)63-62(66)58-56-54-52-50-48-46-44-42-40-38-36-34-32-30-28-26-24-22-20-18-16-14-12-10-8-6-4-2/h16,18,22,24,28,30,55,57,60-61,64-65H,3-15,17,19-21,23,25-27,29,31-54,56,58-59H2,1-2H3,(H,63,66)/b18-16-,24-22-,30-28-,57-55+. The van der Waals surface area contributed by atoms with Crippen molar-refractivity contribution in [2.45, 2.75) is 334 Å². The van der Waals surface area contributed by atoms with Gasteiger partial charge in [0.1, 0.15) is 0 Å². The summed E-state index contributed by atoms with van der Waals surface area (Å²) in [6.07, 6.45) is 80.0. The maximum atomic E-state index is 12.5. The highest BCUT2D eigenvalue weighted by Crippen LogP contribution is 2.17. The van der Waals surface area contributed by atoms with E-state index in [9.17, 15) is 15.0 Å². The Morgan fingerprint density at radius 1 is 0.364 bits per heavy atom. The lowest BCUT2D eigenvalue weighted by Crippen LogP contribution is -2.45. The number of aliphatic hydroxyl groups excluding tert-OH is 2. The molecule has 0 aliphatic carbocycles. The molecular formula is C62H117NO3. The number of carbonyl (C=O) groups is 1. The van der Waals surface area contributed by atoms with Crippen molar-refractivity contribution in [2.75, 3.05) is 6.61 Å². The molecule has 0 heterocycles. The first-order valence-electron chi connectivity index (χ1n) is 29.9. The van der Waals surface area contributed by atoms with E-state index in [0.717, 1.165) is 38.5 Å². The van der Waals surface area contributed by atoms with Crippen LogP contribution >= 0.6 is 0 Å². The first-order valence-corrected chi connectivity index (χ1v) is 29.9. The molecule has 0 rings (SSSR count). The molecule has 0 aliphatic heterocycles. The highest BCUT2D eigenvalue weighted by molar-refractivity contribution is 5.76. The quantitative estimate of drug-likeness (QED) is 0.0420. The van der Waals surface area contributed by atoms with Gasteiger partial charge in [0.15, 0.2) is 0 Å². The van der Waals surface area contributed by atoms with Crippen molar-refractivity contribution in [2.24, 2.45) is 0 Å². The van der Waals surface area contributed by atoms with E-state index in [1.807, 2.05) is 6.08 Å². The number of nitrogens with one attached hydrogen (secondary N) is 1. The van der Waals surface area contributed by atoms with Gasteiger partial charge in [-0.15, -0.1) is 0 Å². The monoisotopic (exact) mass is 924 g/mol. The van der Waals surface area contributed by atoms with Crippen molar-refractivity contribution in [3.8, 4) is 0 Å². The van der Waals surface area contributed by atoms with E-state index >= 15 is 0 Å². The fourth-order valence-corrected chi connectivity index (χ4v) is 9.25. The largest absolute Gasteiger partial charge is 0.394 e. The molecule has 0 aliphatic rings. The molecule has 2 unspecified atom stereocenters. The Labute approximate surface area is 414 Å². The first-order chi connectivity index (χ1) is 32.7. The molecule has 2 atom stereocenters. The molecule has 66 heavy (non-hydrogen) atoms. The van der Waals surface area contributed by atoms with E-state index in [2.05, 4.69) is 55.6 Å². The van der Waals surface area contributed by atoms with Crippen molar-refractivity contribution in [3.63, 3.8) is 0 Å². The Morgan fingerprint density at radius 2 is 0.621 bits per heavy atom. The minimum atomic E-state index is -0.842. The van der Waals surface area contributed by atoms with Crippen molar-refractivity contribution in [1.29, 1.82) is 0 Å². The van der Waals surface area contributed by atoms with Crippen molar-refractivity contribution < 1.29 is 15.0 Å². The molecule has 0 radical (unpaired) electrons. The molecule has 0 aromatic heterocycles. The Balaban J connectivity index is 3.49. The number of amides is 1. The van der Waals surface area contributed by atoms with Crippen LogP contribution in [0.4, 0.5) is 0 Å². The Bertz CT molecular complexity index is 1050. The van der Waals surface area contributed by atoms with Crippen molar-refractivity contribution >= 4 is 5.91 Å². The Hall–Kier alpha value is -1.65. The highest BCUT2D eigenvalue weighted by atomic mass is 16.3. The van der Waals surface area contributed by atoms with E-state index in [1.165, 1.54) is 263 Å². The number of allylic oxidation sites excluding steroid dienone is 7. The van der Waals surface area contributed by atoms with E-state index in [-0.39, 0.29) is 12.5 Å². The number of hydrogen-bond donors (Lipinski definition) is 3. The zero-order chi connectivity index (χ0) is 47.7. The van der Waals surface area contributed by atoms with Crippen LogP contribution in [0.3, 0.4) is 0 Å². The van der Waals surface area contributed by atoms with Crippen LogP contribution in [-0.2, 0) is 4.79 Å². The number of hydrogen-bond acceptors (Lipinski definition) is 3. The van der Waals surface area contributed by atoms with E-state index in [0.29, 0.717) is 6.42 Å². The van der Waals surface area contributed by atoms with Crippen LogP contribution in [0.25, 0.3) is 0 Å². The number of aliphatic hydroxyl groups is 2. The first kappa shape index (κ1) is 64.3. The lowest BCUT2D eigenvalue weighted by molar-refractivity contribution is -0.123. The molecule has 4 nitrogen and oxygen atoms in total. The van der Waals surface area contributed by atoms with Crippen molar-refractivity contribution in [3.05, 3.63) is 48.6 Å². The van der Waals surface area contributed by atoms with E-state index in [1.54, 1.807) is 6.08 Å². The second-order valence-corrected chi connectivity index (χ2v) is 20.4. The summed E-state index contributed by atoms with van der Waals surface area (Å²) >= 11 is 0. The number of unbranched alkanes of at least 4 members (excludes halogenated alkanes) is 42. The molecule has 1 amide bonds. The zero-order valence-corrected chi connectivity index (χ0v) is 44.7. The van der Waals surface area contributed by atoms with Gasteiger partial charge in [0.2, 0.25) is 5.91 Å². The molecule has 0 saturated carbocycles. The summed E-state index contributed by atoms with van der Waals surface area (Å²) < 4.78 is 0. The summed E-state index contributed by atoms with van der Waals surface area (Å²) in [5, 5.41) is 23.2. The van der Waals surface area contributed by atoms with E-state index < -0.39 is 12.1 Å². The van der Waals surface area contributed by atoms with Crippen LogP contribution in [-0.4, -0.2) is 34.9 Å².